The van der Waals surface area contributed by atoms with E-state index >= 15 is 0 Å². The Kier molecular flexibility index (Phi) is 5.94. The Bertz CT molecular complexity index is 1190. The average Bonchev–Trinajstić information content (AvgIpc) is 3.09. The van der Waals surface area contributed by atoms with Crippen molar-refractivity contribution in [2.45, 2.75) is 19.9 Å². The molecule has 1 amide bonds. The molecule has 0 fully saturated rings. The second kappa shape index (κ2) is 8.63. The van der Waals surface area contributed by atoms with Gasteiger partial charge in [-0.15, -0.1) is 11.3 Å². The van der Waals surface area contributed by atoms with Crippen LogP contribution in [0.2, 0.25) is 10.0 Å². The molecule has 1 aliphatic heterocycles. The second-order valence-electron chi connectivity index (χ2n) is 6.87. The number of anilines is 1. The minimum absolute atomic E-state index is 0.0190. The van der Waals surface area contributed by atoms with E-state index in [2.05, 4.69) is 15.4 Å². The molecule has 0 unspecified atom stereocenters. The summed E-state index contributed by atoms with van der Waals surface area (Å²) in [6.07, 6.45) is 1.63. The molecule has 9 heteroatoms. The maximum absolute atomic E-state index is 11.7. The number of nitrogens with zero attached hydrogens (tertiary/aromatic N) is 3. The highest BCUT2D eigenvalue weighted by molar-refractivity contribution is 7.07. The number of hydrogen-bond acceptors (Lipinski definition) is 5. The van der Waals surface area contributed by atoms with Gasteiger partial charge in [-0.1, -0.05) is 29.3 Å². The monoisotopic (exact) mass is 460 g/mol. The lowest BCUT2D eigenvalue weighted by Crippen LogP contribution is -2.25. The van der Waals surface area contributed by atoms with Gasteiger partial charge in [0.05, 0.1) is 27.6 Å². The van der Waals surface area contributed by atoms with Crippen LogP contribution in [-0.4, -0.2) is 29.4 Å². The molecule has 2 aromatic carbocycles. The fourth-order valence-electron chi connectivity index (χ4n) is 2.91. The number of thiazole rings is 1. The van der Waals surface area contributed by atoms with E-state index in [0.29, 0.717) is 27.0 Å². The van der Waals surface area contributed by atoms with Crippen molar-refractivity contribution < 1.29 is 9.53 Å². The smallest absolute Gasteiger partial charge is 0.262 e. The first kappa shape index (κ1) is 20.7. The topological polar surface area (TPSA) is 68.0 Å². The van der Waals surface area contributed by atoms with Crippen molar-refractivity contribution in [3.63, 3.8) is 0 Å². The van der Waals surface area contributed by atoms with Crippen LogP contribution >= 0.6 is 34.5 Å². The zero-order valence-electron chi connectivity index (χ0n) is 16.2. The first-order valence-electron chi connectivity index (χ1n) is 9.22. The minimum atomic E-state index is -0.181. The largest absolute Gasteiger partial charge is 0.482 e. The van der Waals surface area contributed by atoms with E-state index in [0.717, 1.165) is 16.1 Å². The quantitative estimate of drug-likeness (QED) is 0.553. The van der Waals surface area contributed by atoms with Crippen molar-refractivity contribution >= 4 is 52.3 Å². The van der Waals surface area contributed by atoms with Gasteiger partial charge in [-0.05, 0) is 44.2 Å². The molecule has 0 aliphatic carbocycles. The molecular weight excluding hydrogens is 443 g/mol. The zero-order valence-corrected chi connectivity index (χ0v) is 18.6. The summed E-state index contributed by atoms with van der Waals surface area (Å²) in [5.74, 6) is 0.457. The maximum atomic E-state index is 11.7. The molecule has 2 heterocycles. The van der Waals surface area contributed by atoms with Crippen LogP contribution in [0.3, 0.4) is 0 Å². The van der Waals surface area contributed by atoms with E-state index < -0.39 is 0 Å². The zero-order chi connectivity index (χ0) is 21.3. The number of benzene rings is 2. The van der Waals surface area contributed by atoms with Crippen molar-refractivity contribution in [2.24, 2.45) is 10.1 Å². The molecule has 0 saturated carbocycles. The summed E-state index contributed by atoms with van der Waals surface area (Å²) in [7, 11) is 0. The molecule has 0 atom stereocenters. The van der Waals surface area contributed by atoms with E-state index in [-0.39, 0.29) is 18.6 Å². The van der Waals surface area contributed by atoms with Crippen molar-refractivity contribution in [3.05, 3.63) is 62.2 Å². The number of fused-ring (bicyclic) bond motifs is 1. The van der Waals surface area contributed by atoms with Crippen molar-refractivity contribution in [1.82, 2.24) is 4.68 Å². The van der Waals surface area contributed by atoms with Crippen LogP contribution in [0.1, 0.15) is 19.4 Å². The maximum Gasteiger partial charge on any atom is 0.262 e. The Morgan fingerprint density at radius 2 is 2.00 bits per heavy atom. The van der Waals surface area contributed by atoms with Gasteiger partial charge in [-0.25, -0.2) is 4.68 Å². The SMILES string of the molecule is CC(C)N=c1scc(-c2ccc3c(c2)NC(=O)CO3)n1N=Cc1c(Cl)cccc1Cl. The lowest BCUT2D eigenvalue weighted by Gasteiger charge is -2.18. The predicted octanol–water partition coefficient (Wildman–Crippen LogP) is 5.05. The van der Waals surface area contributed by atoms with Gasteiger partial charge in [-0.2, -0.15) is 5.10 Å². The summed E-state index contributed by atoms with van der Waals surface area (Å²) in [5, 5.41) is 10.5. The molecular formula is C21H18Cl2N4O2S. The van der Waals surface area contributed by atoms with E-state index in [4.69, 9.17) is 27.9 Å². The number of carbonyl (C=O) groups is 1. The van der Waals surface area contributed by atoms with Crippen molar-refractivity contribution in [2.75, 3.05) is 11.9 Å². The van der Waals surface area contributed by atoms with Gasteiger partial charge in [0, 0.05) is 22.5 Å². The Hall–Kier alpha value is -2.61. The predicted molar refractivity (Wildman–Crippen MR) is 122 cm³/mol. The lowest BCUT2D eigenvalue weighted by atomic mass is 10.1. The molecule has 0 bridgehead atoms. The summed E-state index contributed by atoms with van der Waals surface area (Å²) in [4.78, 5) is 17.1. The highest BCUT2D eigenvalue weighted by atomic mass is 35.5. The molecule has 0 saturated heterocycles. The van der Waals surface area contributed by atoms with Crippen molar-refractivity contribution in [1.29, 1.82) is 0 Å². The number of amides is 1. The van der Waals surface area contributed by atoms with Crippen LogP contribution in [0.25, 0.3) is 11.3 Å². The molecule has 1 aromatic heterocycles. The van der Waals surface area contributed by atoms with Crippen LogP contribution in [0.5, 0.6) is 5.75 Å². The number of rotatable bonds is 4. The van der Waals surface area contributed by atoms with Crippen LogP contribution in [0.15, 0.2) is 51.9 Å². The standard InChI is InChI=1S/C21H18Cl2N4O2S/c1-12(2)25-21-27(24-9-14-15(22)4-3-5-16(14)23)18(11-30-21)13-6-7-19-17(8-13)26-20(28)10-29-19/h3-9,11-12H,10H2,1-2H3,(H,26,28). The number of hydrogen-bond donors (Lipinski definition) is 1. The van der Waals surface area contributed by atoms with Crippen molar-refractivity contribution in [3.8, 4) is 17.0 Å². The van der Waals surface area contributed by atoms with Gasteiger partial charge >= 0.3 is 0 Å². The van der Waals surface area contributed by atoms with E-state index in [1.807, 2.05) is 37.4 Å². The average molecular weight is 461 g/mol. The van der Waals surface area contributed by atoms with Crippen LogP contribution < -0.4 is 14.9 Å². The number of carbonyl (C=O) groups excluding carboxylic acids is 1. The summed E-state index contributed by atoms with van der Waals surface area (Å²) in [5.41, 5.74) is 2.94. The van der Waals surface area contributed by atoms with E-state index in [9.17, 15) is 4.79 Å². The minimum Gasteiger partial charge on any atom is -0.482 e. The third kappa shape index (κ3) is 4.28. The summed E-state index contributed by atoms with van der Waals surface area (Å²) in [6.45, 7) is 4.03. The third-order valence-corrected chi connectivity index (χ3v) is 5.75. The number of aromatic nitrogens is 1. The van der Waals surface area contributed by atoms with E-state index in [1.165, 1.54) is 11.3 Å². The highest BCUT2D eigenvalue weighted by Gasteiger charge is 2.18. The summed E-state index contributed by atoms with van der Waals surface area (Å²) >= 11 is 14.0. The molecule has 6 nitrogen and oxygen atoms in total. The van der Waals surface area contributed by atoms with Gasteiger partial charge in [-0.3, -0.25) is 9.79 Å². The van der Waals surface area contributed by atoms with Gasteiger partial charge in [0.1, 0.15) is 5.75 Å². The van der Waals surface area contributed by atoms with Gasteiger partial charge in [0.25, 0.3) is 5.91 Å². The highest BCUT2D eigenvalue weighted by Crippen LogP contribution is 2.33. The molecule has 30 heavy (non-hydrogen) atoms. The summed E-state index contributed by atoms with van der Waals surface area (Å²) < 4.78 is 7.20. The fourth-order valence-corrected chi connectivity index (χ4v) is 4.38. The normalized spacial score (nSPS) is 14.2. The molecule has 154 valence electrons. The van der Waals surface area contributed by atoms with Gasteiger partial charge in [0.2, 0.25) is 4.80 Å². The van der Waals surface area contributed by atoms with E-state index in [1.54, 1.807) is 29.1 Å². The molecule has 3 aromatic rings. The number of halogens is 2. The molecule has 1 aliphatic rings. The molecule has 4 rings (SSSR count). The second-order valence-corrected chi connectivity index (χ2v) is 8.52. The lowest BCUT2D eigenvalue weighted by molar-refractivity contribution is -0.118. The van der Waals surface area contributed by atoms with Gasteiger partial charge in [0.15, 0.2) is 6.61 Å². The molecule has 0 radical (unpaired) electrons. The Labute approximate surface area is 187 Å². The van der Waals surface area contributed by atoms with Crippen LogP contribution in [-0.2, 0) is 4.79 Å². The first-order valence-corrected chi connectivity index (χ1v) is 10.9. The van der Waals surface area contributed by atoms with Crippen LogP contribution in [0, 0.1) is 0 Å². The summed E-state index contributed by atoms with van der Waals surface area (Å²) in [6, 6.07) is 11.0. The Balaban J connectivity index is 1.82. The fraction of sp³-hybridized carbons (Fsp3) is 0.190. The number of ether oxygens (including phenoxy) is 1. The van der Waals surface area contributed by atoms with Crippen LogP contribution in [0.4, 0.5) is 5.69 Å². The Morgan fingerprint density at radius 1 is 1.23 bits per heavy atom. The van der Waals surface area contributed by atoms with Gasteiger partial charge < -0.3 is 10.1 Å². The number of nitrogens with one attached hydrogen (secondary N) is 1. The third-order valence-electron chi connectivity index (χ3n) is 4.26. The molecule has 1 N–H and O–H groups in total. The Morgan fingerprint density at radius 3 is 2.73 bits per heavy atom. The molecule has 0 spiro atoms. The first-order chi connectivity index (χ1) is 14.4.